The van der Waals surface area contributed by atoms with Crippen LogP contribution in [0.3, 0.4) is 0 Å². The first-order valence-corrected chi connectivity index (χ1v) is 9.47. The first kappa shape index (κ1) is 20.0. The van der Waals surface area contributed by atoms with Crippen LogP contribution in [0.2, 0.25) is 0 Å². The first-order valence-electron chi connectivity index (χ1n) is 9.47. The highest BCUT2D eigenvalue weighted by atomic mass is 19.4. The molecular formula is C20H19F3N4O3. The maximum Gasteiger partial charge on any atom is 0.419 e. The van der Waals surface area contributed by atoms with E-state index in [1.54, 1.807) is 29.2 Å². The molecule has 2 aromatic heterocycles. The molecule has 3 aromatic rings. The topological polar surface area (TPSA) is 71.6 Å². The molecule has 0 saturated carbocycles. The molecule has 1 amide bonds. The van der Waals surface area contributed by atoms with Crippen molar-refractivity contribution in [3.63, 3.8) is 0 Å². The highest BCUT2D eigenvalue weighted by molar-refractivity contribution is 5.77. The van der Waals surface area contributed by atoms with Gasteiger partial charge in [0.2, 0.25) is 5.91 Å². The molecule has 0 radical (unpaired) electrons. The van der Waals surface area contributed by atoms with Gasteiger partial charge >= 0.3 is 11.9 Å². The van der Waals surface area contributed by atoms with E-state index in [1.165, 1.54) is 10.6 Å². The summed E-state index contributed by atoms with van der Waals surface area (Å²) in [6.45, 7) is 2.03. The van der Waals surface area contributed by atoms with Crippen molar-refractivity contribution in [2.24, 2.45) is 0 Å². The number of fused-ring (bicyclic) bond motifs is 1. The molecule has 0 N–H and O–H groups in total. The Morgan fingerprint density at radius 2 is 1.80 bits per heavy atom. The molecule has 30 heavy (non-hydrogen) atoms. The lowest BCUT2D eigenvalue weighted by atomic mass is 10.2. The average molecular weight is 420 g/mol. The average Bonchev–Trinajstić information content (AvgIpc) is 3.06. The minimum absolute atomic E-state index is 0.0905. The normalized spacial score (nSPS) is 15.0. The maximum atomic E-state index is 12.7. The SMILES string of the molecule is O=C(CCn1c(=O)oc2ccccc21)N1CCN(c2ccc(C(F)(F)F)cn2)CC1. The third-order valence-electron chi connectivity index (χ3n) is 5.15. The van der Waals surface area contributed by atoms with E-state index in [9.17, 15) is 22.8 Å². The number of halogens is 3. The second-order valence-electron chi connectivity index (χ2n) is 7.01. The molecule has 0 atom stereocenters. The molecule has 4 rings (SSSR count). The minimum Gasteiger partial charge on any atom is -0.408 e. The first-order chi connectivity index (χ1) is 14.3. The van der Waals surface area contributed by atoms with Gasteiger partial charge in [-0.1, -0.05) is 12.1 Å². The maximum absolute atomic E-state index is 12.7. The lowest BCUT2D eigenvalue weighted by molar-refractivity contribution is -0.138. The van der Waals surface area contributed by atoms with Crippen LogP contribution in [0, 0.1) is 0 Å². The molecular weight excluding hydrogens is 401 g/mol. The summed E-state index contributed by atoms with van der Waals surface area (Å²) in [6, 6.07) is 9.38. The molecule has 1 fully saturated rings. The van der Waals surface area contributed by atoms with Crippen molar-refractivity contribution in [1.82, 2.24) is 14.5 Å². The molecule has 7 nitrogen and oxygen atoms in total. The van der Waals surface area contributed by atoms with Crippen molar-refractivity contribution < 1.29 is 22.4 Å². The summed E-state index contributed by atoms with van der Waals surface area (Å²) in [7, 11) is 0. The largest absolute Gasteiger partial charge is 0.419 e. The van der Waals surface area contributed by atoms with Gasteiger partial charge in [0.05, 0.1) is 11.1 Å². The number of carbonyl (C=O) groups is 1. The Morgan fingerprint density at radius 3 is 2.47 bits per heavy atom. The third kappa shape index (κ3) is 4.03. The van der Waals surface area contributed by atoms with Crippen LogP contribution in [0.5, 0.6) is 0 Å². The van der Waals surface area contributed by atoms with Gasteiger partial charge in [-0.05, 0) is 24.3 Å². The number of oxazole rings is 1. The number of piperazine rings is 1. The minimum atomic E-state index is -4.42. The van der Waals surface area contributed by atoms with Crippen LogP contribution in [0.15, 0.2) is 51.8 Å². The van der Waals surface area contributed by atoms with E-state index in [2.05, 4.69) is 4.98 Å². The fourth-order valence-electron chi connectivity index (χ4n) is 3.52. The smallest absolute Gasteiger partial charge is 0.408 e. The van der Waals surface area contributed by atoms with E-state index in [0.29, 0.717) is 43.1 Å². The van der Waals surface area contributed by atoms with Gasteiger partial charge in [0.15, 0.2) is 5.58 Å². The number of benzene rings is 1. The Kier molecular flexibility index (Phi) is 5.23. The summed E-state index contributed by atoms with van der Waals surface area (Å²) < 4.78 is 44.6. The van der Waals surface area contributed by atoms with Crippen LogP contribution < -0.4 is 10.7 Å². The van der Waals surface area contributed by atoms with E-state index >= 15 is 0 Å². The number of hydrogen-bond donors (Lipinski definition) is 0. The summed E-state index contributed by atoms with van der Waals surface area (Å²) in [5.41, 5.74) is 0.336. The highest BCUT2D eigenvalue weighted by Crippen LogP contribution is 2.29. The Hall–Kier alpha value is -3.30. The monoisotopic (exact) mass is 420 g/mol. The number of rotatable bonds is 4. The van der Waals surface area contributed by atoms with Crippen LogP contribution in [-0.2, 0) is 17.5 Å². The Labute approximate surface area is 169 Å². The molecule has 0 spiro atoms. The Balaban J connectivity index is 1.33. The summed E-state index contributed by atoms with van der Waals surface area (Å²) in [6.07, 6.45) is -3.44. The van der Waals surface area contributed by atoms with Crippen LogP contribution in [0.25, 0.3) is 11.1 Å². The number of anilines is 1. The zero-order chi connectivity index (χ0) is 21.3. The standard InChI is InChI=1S/C20H19F3N4O3/c21-20(22,23)14-5-6-17(24-13-14)25-9-11-26(12-10-25)18(28)7-8-27-15-3-1-2-4-16(15)30-19(27)29/h1-6,13H,7-12H2. The number of carbonyl (C=O) groups excluding carboxylic acids is 1. The van der Waals surface area contributed by atoms with E-state index in [-0.39, 0.29) is 18.9 Å². The summed E-state index contributed by atoms with van der Waals surface area (Å²) in [4.78, 5) is 32.0. The molecule has 1 aliphatic rings. The van der Waals surface area contributed by atoms with Gasteiger partial charge < -0.3 is 14.2 Å². The zero-order valence-corrected chi connectivity index (χ0v) is 15.9. The lowest BCUT2D eigenvalue weighted by Crippen LogP contribution is -2.49. The number of nitrogens with zero attached hydrogens (tertiary/aromatic N) is 4. The second-order valence-corrected chi connectivity index (χ2v) is 7.01. The number of aryl methyl sites for hydroxylation is 1. The van der Waals surface area contributed by atoms with E-state index < -0.39 is 17.5 Å². The van der Waals surface area contributed by atoms with Crippen LogP contribution in [-0.4, -0.2) is 46.5 Å². The quantitative estimate of drug-likeness (QED) is 0.649. The fourth-order valence-corrected chi connectivity index (χ4v) is 3.52. The summed E-state index contributed by atoms with van der Waals surface area (Å²) in [5, 5.41) is 0. The van der Waals surface area contributed by atoms with Crippen molar-refractivity contribution in [3.8, 4) is 0 Å². The second kappa shape index (κ2) is 7.85. The van der Waals surface area contributed by atoms with Gasteiger partial charge in [0.1, 0.15) is 5.82 Å². The number of para-hydroxylation sites is 2. The number of aromatic nitrogens is 2. The van der Waals surface area contributed by atoms with E-state index in [1.807, 2.05) is 4.90 Å². The van der Waals surface area contributed by atoms with Gasteiger partial charge in [-0.15, -0.1) is 0 Å². The van der Waals surface area contributed by atoms with Gasteiger partial charge in [-0.2, -0.15) is 13.2 Å². The molecule has 1 aliphatic heterocycles. The zero-order valence-electron chi connectivity index (χ0n) is 15.9. The van der Waals surface area contributed by atoms with Gasteiger partial charge in [-0.3, -0.25) is 9.36 Å². The summed E-state index contributed by atoms with van der Waals surface area (Å²) >= 11 is 0. The number of hydrogen-bond acceptors (Lipinski definition) is 5. The summed E-state index contributed by atoms with van der Waals surface area (Å²) in [5.74, 6) is -0.138. The van der Waals surface area contributed by atoms with Crippen LogP contribution in [0.4, 0.5) is 19.0 Å². The van der Waals surface area contributed by atoms with Gasteiger partial charge in [0.25, 0.3) is 0 Å². The molecule has 158 valence electrons. The number of alkyl halides is 3. The molecule has 1 aromatic carbocycles. The van der Waals surface area contributed by atoms with Crippen LogP contribution in [0.1, 0.15) is 12.0 Å². The number of amides is 1. The Bertz CT molecular complexity index is 1100. The highest BCUT2D eigenvalue weighted by Gasteiger charge is 2.31. The van der Waals surface area contributed by atoms with Crippen molar-refractivity contribution in [2.75, 3.05) is 31.1 Å². The van der Waals surface area contributed by atoms with Crippen LogP contribution >= 0.6 is 0 Å². The molecule has 0 bridgehead atoms. The Morgan fingerprint density at radius 1 is 1.07 bits per heavy atom. The lowest BCUT2D eigenvalue weighted by Gasteiger charge is -2.35. The molecule has 0 aliphatic carbocycles. The van der Waals surface area contributed by atoms with Crippen molar-refractivity contribution in [2.45, 2.75) is 19.1 Å². The number of pyridine rings is 1. The predicted octanol–water partition coefficient (Wildman–Crippen LogP) is 2.75. The third-order valence-corrected chi connectivity index (χ3v) is 5.15. The molecule has 1 saturated heterocycles. The van der Waals surface area contributed by atoms with E-state index in [0.717, 1.165) is 12.3 Å². The van der Waals surface area contributed by atoms with Gasteiger partial charge in [0, 0.05) is 45.3 Å². The predicted molar refractivity (Wildman–Crippen MR) is 103 cm³/mol. The van der Waals surface area contributed by atoms with Crippen molar-refractivity contribution in [3.05, 3.63) is 58.7 Å². The van der Waals surface area contributed by atoms with Crippen molar-refractivity contribution >= 4 is 22.8 Å². The van der Waals surface area contributed by atoms with E-state index in [4.69, 9.17) is 4.42 Å². The fraction of sp³-hybridized carbons (Fsp3) is 0.350. The van der Waals surface area contributed by atoms with Gasteiger partial charge in [-0.25, -0.2) is 9.78 Å². The van der Waals surface area contributed by atoms with Crippen molar-refractivity contribution in [1.29, 1.82) is 0 Å². The molecule has 10 heteroatoms. The molecule has 0 unspecified atom stereocenters. The molecule has 3 heterocycles.